The van der Waals surface area contributed by atoms with Crippen LogP contribution in [0.15, 0.2) is 16.8 Å². The van der Waals surface area contributed by atoms with Gasteiger partial charge in [0.15, 0.2) is 0 Å². The largest absolute Gasteiger partial charge is 0.396 e. The number of thiophene rings is 1. The van der Waals surface area contributed by atoms with E-state index in [2.05, 4.69) is 16.3 Å². The molecule has 0 aliphatic carbocycles. The van der Waals surface area contributed by atoms with Gasteiger partial charge in [-0.3, -0.25) is 9.69 Å². The number of amides is 1. The van der Waals surface area contributed by atoms with Crippen LogP contribution in [0, 0.1) is 5.92 Å². The number of likely N-dealkylation sites (N-methyl/N-ethyl adjacent to an activating group) is 1. The van der Waals surface area contributed by atoms with E-state index in [4.69, 9.17) is 5.11 Å². The molecule has 106 valence electrons. The number of carbonyl (C=O) groups excluding carboxylic acids is 1. The minimum atomic E-state index is 0.177. The lowest BCUT2D eigenvalue weighted by Crippen LogP contribution is -2.37. The Morgan fingerprint density at radius 2 is 2.47 bits per heavy atom. The quantitative estimate of drug-likeness (QED) is 0.858. The summed E-state index contributed by atoms with van der Waals surface area (Å²) in [5, 5.41) is 13.0. The van der Waals surface area contributed by atoms with E-state index in [0.29, 0.717) is 19.0 Å². The van der Waals surface area contributed by atoms with Crippen molar-refractivity contribution in [2.24, 2.45) is 5.92 Å². The number of nitrogens with zero attached hydrogens (tertiary/aromatic N) is 2. The summed E-state index contributed by atoms with van der Waals surface area (Å²) < 4.78 is 0. The summed E-state index contributed by atoms with van der Waals surface area (Å²) in [4.78, 5) is 16.1. The molecular formula is C14H22N2O2S. The zero-order valence-electron chi connectivity index (χ0n) is 11.4. The highest BCUT2D eigenvalue weighted by atomic mass is 32.1. The molecule has 1 N–H and O–H groups in total. The van der Waals surface area contributed by atoms with Crippen molar-refractivity contribution in [1.29, 1.82) is 0 Å². The highest BCUT2D eigenvalue weighted by Crippen LogP contribution is 2.19. The molecular weight excluding hydrogens is 260 g/mol. The number of hydrogen-bond acceptors (Lipinski definition) is 4. The van der Waals surface area contributed by atoms with Crippen molar-refractivity contribution in [3.8, 4) is 0 Å². The second-order valence-corrected chi connectivity index (χ2v) is 6.06. The van der Waals surface area contributed by atoms with Gasteiger partial charge in [-0.2, -0.15) is 11.3 Å². The summed E-state index contributed by atoms with van der Waals surface area (Å²) in [6.45, 7) is 3.37. The summed E-state index contributed by atoms with van der Waals surface area (Å²) in [7, 11) is 1.86. The molecule has 5 heteroatoms. The van der Waals surface area contributed by atoms with Gasteiger partial charge >= 0.3 is 0 Å². The van der Waals surface area contributed by atoms with E-state index in [0.717, 1.165) is 25.9 Å². The number of aliphatic hydroxyl groups is 1. The predicted octanol–water partition coefficient (Wildman–Crippen LogP) is 1.41. The monoisotopic (exact) mass is 282 g/mol. The number of rotatable bonds is 6. The van der Waals surface area contributed by atoms with Crippen LogP contribution >= 0.6 is 11.3 Å². The van der Waals surface area contributed by atoms with Crippen molar-refractivity contribution in [2.45, 2.75) is 19.4 Å². The highest BCUT2D eigenvalue weighted by Gasteiger charge is 2.24. The van der Waals surface area contributed by atoms with Crippen LogP contribution in [0.25, 0.3) is 0 Å². The smallest absolute Gasteiger partial charge is 0.236 e. The molecule has 0 bridgehead atoms. The lowest BCUT2D eigenvalue weighted by molar-refractivity contribution is -0.131. The van der Waals surface area contributed by atoms with E-state index in [1.54, 1.807) is 16.2 Å². The molecule has 19 heavy (non-hydrogen) atoms. The second-order valence-electron chi connectivity index (χ2n) is 5.28. The Labute approximate surface area is 118 Å². The van der Waals surface area contributed by atoms with Crippen LogP contribution < -0.4 is 0 Å². The lowest BCUT2D eigenvalue weighted by atomic mass is 10.1. The third-order valence-electron chi connectivity index (χ3n) is 3.69. The summed E-state index contributed by atoms with van der Waals surface area (Å²) in [5.74, 6) is 0.732. The molecule has 1 aromatic heterocycles. The van der Waals surface area contributed by atoms with Crippen molar-refractivity contribution in [3.05, 3.63) is 22.4 Å². The maximum absolute atomic E-state index is 12.1. The number of aliphatic hydroxyl groups excluding tert-OH is 1. The normalized spacial score (nSPS) is 19.8. The Morgan fingerprint density at radius 1 is 1.63 bits per heavy atom. The average Bonchev–Trinajstić information content (AvgIpc) is 3.02. The van der Waals surface area contributed by atoms with Crippen LogP contribution in [-0.2, 0) is 11.3 Å². The van der Waals surface area contributed by atoms with E-state index in [9.17, 15) is 4.79 Å². The van der Waals surface area contributed by atoms with Crippen LogP contribution in [0.4, 0.5) is 0 Å². The van der Waals surface area contributed by atoms with Gasteiger partial charge in [0.2, 0.25) is 5.91 Å². The maximum atomic E-state index is 12.1. The average molecular weight is 282 g/mol. The molecule has 1 amide bonds. The Morgan fingerprint density at radius 3 is 3.16 bits per heavy atom. The van der Waals surface area contributed by atoms with Gasteiger partial charge in [0.1, 0.15) is 0 Å². The van der Waals surface area contributed by atoms with Crippen molar-refractivity contribution >= 4 is 17.2 Å². The van der Waals surface area contributed by atoms with Crippen molar-refractivity contribution in [2.75, 3.05) is 33.3 Å². The Kier molecular flexibility index (Phi) is 5.36. The number of hydrogen-bond donors (Lipinski definition) is 1. The molecule has 1 unspecified atom stereocenters. The number of carbonyl (C=O) groups is 1. The van der Waals surface area contributed by atoms with Crippen molar-refractivity contribution in [3.63, 3.8) is 0 Å². The number of likely N-dealkylation sites (tertiary alicyclic amines) is 1. The van der Waals surface area contributed by atoms with Crippen LogP contribution in [0.2, 0.25) is 0 Å². The predicted molar refractivity (Wildman–Crippen MR) is 77.0 cm³/mol. The molecule has 0 radical (unpaired) electrons. The van der Waals surface area contributed by atoms with Gasteiger partial charge in [-0.15, -0.1) is 0 Å². The molecule has 1 aliphatic heterocycles. The third kappa shape index (κ3) is 4.30. The van der Waals surface area contributed by atoms with E-state index in [1.165, 1.54) is 5.56 Å². The molecule has 0 aromatic carbocycles. The summed E-state index contributed by atoms with van der Waals surface area (Å²) in [5.41, 5.74) is 1.19. The molecule has 1 aliphatic rings. The molecule has 0 saturated carbocycles. The first-order valence-electron chi connectivity index (χ1n) is 6.77. The van der Waals surface area contributed by atoms with Crippen molar-refractivity contribution in [1.82, 2.24) is 9.80 Å². The van der Waals surface area contributed by atoms with Gasteiger partial charge in [0.05, 0.1) is 6.54 Å². The van der Waals surface area contributed by atoms with Gasteiger partial charge < -0.3 is 10.0 Å². The van der Waals surface area contributed by atoms with Crippen LogP contribution in [0.3, 0.4) is 0 Å². The van der Waals surface area contributed by atoms with Crippen LogP contribution in [-0.4, -0.2) is 54.1 Å². The topological polar surface area (TPSA) is 43.8 Å². The van der Waals surface area contributed by atoms with Crippen molar-refractivity contribution < 1.29 is 9.90 Å². The maximum Gasteiger partial charge on any atom is 0.236 e. The Bertz CT molecular complexity index is 394. The lowest BCUT2D eigenvalue weighted by Gasteiger charge is -2.21. The van der Waals surface area contributed by atoms with Gasteiger partial charge in [0.25, 0.3) is 0 Å². The zero-order valence-corrected chi connectivity index (χ0v) is 12.2. The fourth-order valence-corrected chi connectivity index (χ4v) is 3.19. The molecule has 0 spiro atoms. The third-order valence-corrected chi connectivity index (χ3v) is 4.42. The van der Waals surface area contributed by atoms with Gasteiger partial charge in [0, 0.05) is 26.7 Å². The van der Waals surface area contributed by atoms with E-state index >= 15 is 0 Å². The van der Waals surface area contributed by atoms with E-state index in [1.807, 2.05) is 12.4 Å². The Hall–Kier alpha value is -0.910. The second kappa shape index (κ2) is 7.03. The van der Waals surface area contributed by atoms with Gasteiger partial charge in [-0.25, -0.2) is 0 Å². The van der Waals surface area contributed by atoms with Gasteiger partial charge in [-0.05, 0) is 47.7 Å². The SMILES string of the molecule is CN(Cc1ccsc1)C(=O)CN1CCC(CCO)C1. The molecule has 1 saturated heterocycles. The summed E-state index contributed by atoms with van der Waals surface area (Å²) in [6, 6.07) is 2.06. The first kappa shape index (κ1) is 14.5. The molecule has 1 fully saturated rings. The van der Waals surface area contributed by atoms with Crippen LogP contribution in [0.5, 0.6) is 0 Å². The molecule has 2 heterocycles. The van der Waals surface area contributed by atoms with Crippen LogP contribution in [0.1, 0.15) is 18.4 Å². The molecule has 4 nitrogen and oxygen atoms in total. The minimum absolute atomic E-state index is 0.177. The first-order valence-corrected chi connectivity index (χ1v) is 7.71. The minimum Gasteiger partial charge on any atom is -0.396 e. The molecule has 1 atom stereocenters. The Balaban J connectivity index is 1.75. The standard InChI is InChI=1S/C14H22N2O2S/c1-15(8-13-4-7-19-11-13)14(18)10-16-5-2-12(9-16)3-6-17/h4,7,11-12,17H,2-3,5-6,8-10H2,1H3. The van der Waals surface area contributed by atoms with Gasteiger partial charge in [-0.1, -0.05) is 0 Å². The molecule has 1 aromatic rings. The molecule has 2 rings (SSSR count). The summed E-state index contributed by atoms with van der Waals surface area (Å²) in [6.07, 6.45) is 1.96. The summed E-state index contributed by atoms with van der Waals surface area (Å²) >= 11 is 1.66. The van der Waals surface area contributed by atoms with E-state index < -0.39 is 0 Å². The fourth-order valence-electron chi connectivity index (χ4n) is 2.53. The fraction of sp³-hybridized carbons (Fsp3) is 0.643. The highest BCUT2D eigenvalue weighted by molar-refractivity contribution is 7.07. The van der Waals surface area contributed by atoms with E-state index in [-0.39, 0.29) is 12.5 Å². The first-order chi connectivity index (χ1) is 9.19. The zero-order chi connectivity index (χ0) is 13.7.